The summed E-state index contributed by atoms with van der Waals surface area (Å²) in [6.45, 7) is 14.5. The molecule has 0 bridgehead atoms. The molecule has 0 amide bonds. The van der Waals surface area contributed by atoms with Crippen molar-refractivity contribution in [2.45, 2.75) is 65.0 Å². The first-order chi connectivity index (χ1) is 9.65. The summed E-state index contributed by atoms with van der Waals surface area (Å²) in [6.07, 6.45) is 7.11. The number of nitrogens with one attached hydrogen (secondary N) is 1. The van der Waals surface area contributed by atoms with Crippen LogP contribution < -0.4 is 5.32 Å². The van der Waals surface area contributed by atoms with Crippen LogP contribution in [-0.4, -0.2) is 61.2 Å². The normalized spacial score (nSPS) is 25.2. The molecule has 0 spiro atoms. The Morgan fingerprint density at radius 3 is 2.20 bits per heavy atom. The molecule has 2 aliphatic rings. The highest BCUT2D eigenvalue weighted by molar-refractivity contribution is 4.80. The van der Waals surface area contributed by atoms with Gasteiger partial charge in [0.05, 0.1) is 0 Å². The van der Waals surface area contributed by atoms with Crippen LogP contribution in [0.5, 0.6) is 0 Å². The minimum absolute atomic E-state index is 0.693. The molecular weight excluding hydrogens is 246 g/mol. The first kappa shape index (κ1) is 16.3. The van der Waals surface area contributed by atoms with Gasteiger partial charge in [0.1, 0.15) is 0 Å². The van der Waals surface area contributed by atoms with Crippen molar-refractivity contribution in [1.29, 1.82) is 0 Å². The summed E-state index contributed by atoms with van der Waals surface area (Å²) in [5, 5.41) is 3.81. The zero-order valence-electron chi connectivity index (χ0n) is 13.9. The predicted molar refractivity (Wildman–Crippen MR) is 87.2 cm³/mol. The Balaban J connectivity index is 1.62. The third-order valence-corrected chi connectivity index (χ3v) is 4.96. The van der Waals surface area contributed by atoms with E-state index in [9.17, 15) is 0 Å². The van der Waals surface area contributed by atoms with Crippen LogP contribution in [0.15, 0.2) is 0 Å². The monoisotopic (exact) mass is 281 g/mol. The van der Waals surface area contributed by atoms with E-state index in [-0.39, 0.29) is 0 Å². The SMILES string of the molecule is CC(C)CN1CCN(C(C)CNC2CCCCC2)CC1. The fraction of sp³-hybridized carbons (Fsp3) is 1.00. The molecule has 1 aliphatic carbocycles. The van der Waals surface area contributed by atoms with Crippen LogP contribution in [0, 0.1) is 5.92 Å². The first-order valence-corrected chi connectivity index (χ1v) is 8.85. The van der Waals surface area contributed by atoms with Crippen molar-refractivity contribution < 1.29 is 0 Å². The molecule has 118 valence electrons. The Morgan fingerprint density at radius 1 is 0.950 bits per heavy atom. The Kier molecular flexibility index (Phi) is 6.79. The molecule has 3 heteroatoms. The van der Waals surface area contributed by atoms with E-state index < -0.39 is 0 Å². The quantitative estimate of drug-likeness (QED) is 0.807. The van der Waals surface area contributed by atoms with Crippen LogP contribution in [-0.2, 0) is 0 Å². The van der Waals surface area contributed by atoms with E-state index in [4.69, 9.17) is 0 Å². The zero-order chi connectivity index (χ0) is 14.4. The summed E-state index contributed by atoms with van der Waals surface area (Å²) in [4.78, 5) is 5.30. The van der Waals surface area contributed by atoms with E-state index in [1.54, 1.807) is 0 Å². The fourth-order valence-corrected chi connectivity index (χ4v) is 3.68. The van der Waals surface area contributed by atoms with Crippen LogP contribution in [0.3, 0.4) is 0 Å². The topological polar surface area (TPSA) is 18.5 Å². The van der Waals surface area contributed by atoms with Crippen molar-refractivity contribution in [2.75, 3.05) is 39.3 Å². The first-order valence-electron chi connectivity index (χ1n) is 8.85. The highest BCUT2D eigenvalue weighted by Gasteiger charge is 2.22. The van der Waals surface area contributed by atoms with Gasteiger partial charge in [-0.3, -0.25) is 4.90 Å². The van der Waals surface area contributed by atoms with Crippen LogP contribution in [0.25, 0.3) is 0 Å². The van der Waals surface area contributed by atoms with Crippen molar-refractivity contribution >= 4 is 0 Å². The summed E-state index contributed by atoms with van der Waals surface area (Å²) in [6, 6.07) is 1.49. The van der Waals surface area contributed by atoms with Gasteiger partial charge in [-0.1, -0.05) is 33.1 Å². The molecule has 0 aromatic carbocycles. The van der Waals surface area contributed by atoms with Crippen LogP contribution in [0.1, 0.15) is 52.9 Å². The largest absolute Gasteiger partial charge is 0.312 e. The average molecular weight is 281 g/mol. The lowest BCUT2D eigenvalue weighted by Gasteiger charge is -2.39. The molecule has 0 radical (unpaired) electrons. The molecule has 1 N–H and O–H groups in total. The van der Waals surface area contributed by atoms with Gasteiger partial charge in [-0.25, -0.2) is 0 Å². The predicted octanol–water partition coefficient (Wildman–Crippen LogP) is 2.57. The molecule has 0 aromatic rings. The molecule has 1 heterocycles. The van der Waals surface area contributed by atoms with E-state index in [1.165, 1.54) is 71.4 Å². The van der Waals surface area contributed by atoms with E-state index in [1.807, 2.05) is 0 Å². The third-order valence-electron chi connectivity index (χ3n) is 4.96. The lowest BCUT2D eigenvalue weighted by Crippen LogP contribution is -2.53. The Bertz CT molecular complexity index is 253. The molecule has 3 nitrogen and oxygen atoms in total. The maximum atomic E-state index is 3.81. The second-order valence-corrected chi connectivity index (χ2v) is 7.32. The lowest BCUT2D eigenvalue weighted by atomic mass is 9.95. The summed E-state index contributed by atoms with van der Waals surface area (Å²) >= 11 is 0. The number of hydrogen-bond acceptors (Lipinski definition) is 3. The number of hydrogen-bond donors (Lipinski definition) is 1. The van der Waals surface area contributed by atoms with Crippen molar-refractivity contribution in [3.8, 4) is 0 Å². The lowest BCUT2D eigenvalue weighted by molar-refractivity contribution is 0.0925. The van der Waals surface area contributed by atoms with Gasteiger partial charge in [-0.05, 0) is 25.7 Å². The number of piperazine rings is 1. The Morgan fingerprint density at radius 2 is 1.60 bits per heavy atom. The van der Waals surface area contributed by atoms with Gasteiger partial charge in [0.2, 0.25) is 0 Å². The van der Waals surface area contributed by atoms with Gasteiger partial charge < -0.3 is 10.2 Å². The van der Waals surface area contributed by atoms with E-state index in [0.717, 1.165) is 12.0 Å². The van der Waals surface area contributed by atoms with Crippen LogP contribution in [0.2, 0.25) is 0 Å². The van der Waals surface area contributed by atoms with Gasteiger partial charge in [0, 0.05) is 51.4 Å². The van der Waals surface area contributed by atoms with E-state index >= 15 is 0 Å². The minimum Gasteiger partial charge on any atom is -0.312 e. The molecule has 1 saturated heterocycles. The number of rotatable bonds is 6. The molecular formula is C17H35N3. The second-order valence-electron chi connectivity index (χ2n) is 7.32. The van der Waals surface area contributed by atoms with Gasteiger partial charge >= 0.3 is 0 Å². The molecule has 20 heavy (non-hydrogen) atoms. The third kappa shape index (κ3) is 5.34. The van der Waals surface area contributed by atoms with Gasteiger partial charge in [0.15, 0.2) is 0 Å². The van der Waals surface area contributed by atoms with Gasteiger partial charge in [0.25, 0.3) is 0 Å². The van der Waals surface area contributed by atoms with Gasteiger partial charge in [-0.15, -0.1) is 0 Å². The van der Waals surface area contributed by atoms with Gasteiger partial charge in [-0.2, -0.15) is 0 Å². The highest BCUT2D eigenvalue weighted by Crippen LogP contribution is 2.17. The fourth-order valence-electron chi connectivity index (χ4n) is 3.68. The second kappa shape index (κ2) is 8.35. The van der Waals surface area contributed by atoms with E-state index in [2.05, 4.69) is 35.9 Å². The molecule has 1 atom stereocenters. The Hall–Kier alpha value is -0.120. The number of nitrogens with zero attached hydrogens (tertiary/aromatic N) is 2. The van der Waals surface area contributed by atoms with Crippen molar-refractivity contribution in [2.24, 2.45) is 5.92 Å². The van der Waals surface area contributed by atoms with Crippen molar-refractivity contribution in [1.82, 2.24) is 15.1 Å². The van der Waals surface area contributed by atoms with Crippen LogP contribution >= 0.6 is 0 Å². The van der Waals surface area contributed by atoms with Crippen LogP contribution in [0.4, 0.5) is 0 Å². The zero-order valence-corrected chi connectivity index (χ0v) is 13.9. The van der Waals surface area contributed by atoms with Crippen molar-refractivity contribution in [3.63, 3.8) is 0 Å². The Labute approximate surface area is 126 Å². The minimum atomic E-state index is 0.693. The molecule has 2 rings (SSSR count). The highest BCUT2D eigenvalue weighted by atomic mass is 15.3. The maximum Gasteiger partial charge on any atom is 0.0193 e. The smallest absolute Gasteiger partial charge is 0.0193 e. The average Bonchev–Trinajstić information content (AvgIpc) is 2.46. The molecule has 1 unspecified atom stereocenters. The summed E-state index contributed by atoms with van der Waals surface area (Å²) in [5.41, 5.74) is 0. The summed E-state index contributed by atoms with van der Waals surface area (Å²) in [5.74, 6) is 0.798. The summed E-state index contributed by atoms with van der Waals surface area (Å²) < 4.78 is 0. The standard InChI is InChI=1S/C17H35N3/c1-15(2)14-19-9-11-20(12-10-19)16(3)13-18-17-7-5-4-6-8-17/h15-18H,4-14H2,1-3H3. The molecule has 1 saturated carbocycles. The molecule has 2 fully saturated rings. The van der Waals surface area contributed by atoms with Crippen molar-refractivity contribution in [3.05, 3.63) is 0 Å². The van der Waals surface area contributed by atoms with E-state index in [0.29, 0.717) is 6.04 Å². The maximum absolute atomic E-state index is 3.81. The molecule has 1 aliphatic heterocycles. The molecule has 0 aromatic heterocycles. The summed E-state index contributed by atoms with van der Waals surface area (Å²) in [7, 11) is 0.